The summed E-state index contributed by atoms with van der Waals surface area (Å²) in [5.74, 6) is 6.82. The Morgan fingerprint density at radius 3 is 1.26 bits per heavy atom. The molecule has 3 fully saturated rings. The van der Waals surface area contributed by atoms with E-state index in [1.54, 1.807) is 55.3 Å². The second kappa shape index (κ2) is 25.8. The van der Waals surface area contributed by atoms with Crippen LogP contribution in [0.25, 0.3) is 32.4 Å². The zero-order valence-electron chi connectivity index (χ0n) is 52.2. The molecule has 0 amide bonds. The van der Waals surface area contributed by atoms with Gasteiger partial charge in [0.1, 0.15) is 44.6 Å². The van der Waals surface area contributed by atoms with Gasteiger partial charge in [-0.25, -0.2) is 24.0 Å². The van der Waals surface area contributed by atoms with Crippen LogP contribution < -0.4 is 14.7 Å². The summed E-state index contributed by atoms with van der Waals surface area (Å²) in [4.78, 5) is 75.8. The molecule has 9 aromatic heterocycles. The molecule has 26 heteroatoms. The number of hydrogen-bond donors (Lipinski definition) is 0. The molecule has 0 saturated carbocycles. The molecule has 0 spiro atoms. The van der Waals surface area contributed by atoms with Crippen molar-refractivity contribution in [2.45, 2.75) is 144 Å². The zero-order chi connectivity index (χ0) is 61.4. The van der Waals surface area contributed by atoms with Crippen molar-refractivity contribution in [2.75, 3.05) is 54.0 Å². The van der Waals surface area contributed by atoms with Gasteiger partial charge in [-0.15, -0.1) is 38.0 Å². The lowest BCUT2D eigenvalue weighted by molar-refractivity contribution is 0.0935. The van der Waals surface area contributed by atoms with E-state index in [9.17, 15) is 14.4 Å². The highest BCUT2D eigenvalue weighted by atomic mass is 32.1. The molecule has 0 radical (unpaired) electrons. The zero-order valence-corrected chi connectivity index (χ0v) is 53.8. The number of aromatic nitrogens is 18. The molecule has 9 aromatic rings. The number of ketones is 3. The smallest absolute Gasteiger partial charge is 0.244 e. The first kappa shape index (κ1) is 59.8. The Bertz CT molecular complexity index is 4000. The summed E-state index contributed by atoms with van der Waals surface area (Å²) in [6.45, 7) is 16.7. The Labute approximate surface area is 525 Å². The highest BCUT2D eigenvalue weighted by Gasteiger charge is 2.33. The molecule has 466 valence electrons. The topological polar surface area (TPSA) is 245 Å². The van der Waals surface area contributed by atoms with Crippen LogP contribution in [-0.4, -0.2) is 145 Å². The number of anilines is 3. The number of hydrogen-bond acceptors (Lipinski definition) is 20. The van der Waals surface area contributed by atoms with Crippen LogP contribution in [0.15, 0.2) is 42.2 Å². The number of carbonyl (C=O) groups is 3. The molecular weight excluding hydrogens is 1160 g/mol. The minimum Gasteiger partial charge on any atom is -0.340 e. The highest BCUT2D eigenvalue weighted by molar-refractivity contribution is 7.15. The molecular formula is C63H79N21O3S2. The molecule has 6 aliphatic rings. The maximum Gasteiger partial charge on any atom is 0.244 e. The highest BCUT2D eigenvalue weighted by Crippen LogP contribution is 2.35. The number of Topliss-reactive ketones (excluding diaryl/α,β-unsaturated/α-hetero) is 3. The second-order valence-electron chi connectivity index (χ2n) is 24.9. The maximum atomic E-state index is 13.3. The van der Waals surface area contributed by atoms with E-state index in [1.807, 2.05) is 79.5 Å². The van der Waals surface area contributed by atoms with E-state index < -0.39 is 0 Å². The molecule has 24 nitrogen and oxygen atoms in total. The average molecular weight is 1240 g/mol. The average Bonchev–Trinajstić information content (AvgIpc) is 2.05. The lowest BCUT2D eigenvalue weighted by Gasteiger charge is -2.21. The van der Waals surface area contributed by atoms with Crippen molar-refractivity contribution in [1.29, 1.82) is 0 Å². The van der Waals surface area contributed by atoms with Crippen molar-refractivity contribution in [3.05, 3.63) is 98.7 Å². The second-order valence-corrected chi connectivity index (χ2v) is 27.0. The van der Waals surface area contributed by atoms with Crippen LogP contribution in [-0.2, 0) is 60.0 Å². The van der Waals surface area contributed by atoms with Crippen LogP contribution in [0, 0.1) is 45.4 Å². The van der Waals surface area contributed by atoms with Crippen molar-refractivity contribution >= 4 is 57.9 Å². The largest absolute Gasteiger partial charge is 0.340 e. The Balaban J connectivity index is 0.000000123. The Hall–Kier alpha value is -8.13. The molecule has 3 unspecified atom stereocenters. The van der Waals surface area contributed by atoms with Crippen LogP contribution in [0.1, 0.15) is 148 Å². The van der Waals surface area contributed by atoms with E-state index in [-0.39, 0.29) is 35.1 Å². The number of pyridine rings is 1. The van der Waals surface area contributed by atoms with Gasteiger partial charge in [0, 0.05) is 146 Å². The number of rotatable bonds is 15. The van der Waals surface area contributed by atoms with Gasteiger partial charge in [-0.2, -0.15) is 30.2 Å². The fraction of sp³-hybridized carbons (Fsp3) is 0.540. The summed E-state index contributed by atoms with van der Waals surface area (Å²) in [5, 5.41) is 30.9. The minimum atomic E-state index is 0.117. The van der Waals surface area contributed by atoms with E-state index >= 15 is 0 Å². The molecule has 15 rings (SSSR count). The first-order valence-electron chi connectivity index (χ1n) is 31.7. The predicted octanol–water partition coefficient (Wildman–Crippen LogP) is 8.88. The summed E-state index contributed by atoms with van der Waals surface area (Å²) in [7, 11) is 5.49. The van der Waals surface area contributed by atoms with Crippen LogP contribution >= 0.6 is 22.7 Å². The standard InChI is InChI=1S/C22H27N7O.C21H27N7OS.C20H25N7OS/c1-15-6-5-7-18(24-15)17-14-23-27(2)21(17)19(30)12-16-8-11-29-20(13-16)25-22(26-29)28-9-3-4-10-28;1-13-14(2)30-20(23-13)16-12-22-26(3)19(16)17(29)10-15-6-9-28-18(11-15)24-21(25-28)27-7-4-5-8-27;1-13-12-29-19(22-13)15-11-21-25(2)18(15)16(28)9-14-5-8-27-17(10-14)23-20(24-27)26-6-3-4-7-26/h5-7,14,16H,3-4,8-13H2,1-2H3;12,15H,4-11H2,1-3H3;11-12,14H,3-10H2,1-2H3. The molecule has 0 bridgehead atoms. The predicted molar refractivity (Wildman–Crippen MR) is 341 cm³/mol. The van der Waals surface area contributed by atoms with Crippen molar-refractivity contribution in [3.63, 3.8) is 0 Å². The molecule has 0 aromatic carbocycles. The number of aryl methyl sites for hydroxylation is 10. The fourth-order valence-corrected chi connectivity index (χ4v) is 15.1. The summed E-state index contributed by atoms with van der Waals surface area (Å²) in [5.41, 5.74) is 8.15. The molecule has 3 saturated heterocycles. The van der Waals surface area contributed by atoms with Crippen LogP contribution in [0.2, 0.25) is 0 Å². The SMILES string of the molecule is Cc1cccc(-c2cnn(C)c2C(=O)CC2CCn3nc(N4CCCC4)nc3C2)n1.Cc1csc(-c2cnn(C)c2C(=O)CC2CCn3nc(N4CCCC4)nc3C2)n1.Cc1nc(-c2cnn(C)c2C(=O)CC2CCn3nc(N4CCCC4)nc3C2)sc1C. The minimum absolute atomic E-state index is 0.117. The van der Waals surface area contributed by atoms with Gasteiger partial charge >= 0.3 is 0 Å². The normalized spacial score (nSPS) is 18.8. The van der Waals surface area contributed by atoms with Crippen LogP contribution in [0.4, 0.5) is 17.8 Å². The number of carbonyl (C=O) groups excluding carboxylic acids is 3. The maximum absolute atomic E-state index is 13.3. The van der Waals surface area contributed by atoms with E-state index in [0.29, 0.717) is 36.3 Å². The quantitative estimate of drug-likeness (QED) is 0.0869. The van der Waals surface area contributed by atoms with Gasteiger partial charge in [0.15, 0.2) is 17.3 Å². The van der Waals surface area contributed by atoms with Gasteiger partial charge in [-0.3, -0.25) is 33.4 Å². The van der Waals surface area contributed by atoms with Gasteiger partial charge in [0.05, 0.1) is 41.1 Å². The van der Waals surface area contributed by atoms with Crippen molar-refractivity contribution in [1.82, 2.24) is 88.6 Å². The van der Waals surface area contributed by atoms with Crippen molar-refractivity contribution < 1.29 is 14.4 Å². The lowest BCUT2D eigenvalue weighted by Crippen LogP contribution is -2.23. The fourth-order valence-electron chi connectivity index (χ4n) is 13.4. The first-order valence-corrected chi connectivity index (χ1v) is 33.4. The van der Waals surface area contributed by atoms with E-state index in [2.05, 4.69) is 51.9 Å². The van der Waals surface area contributed by atoms with Gasteiger partial charge < -0.3 is 14.7 Å². The molecule has 6 aliphatic heterocycles. The Kier molecular flexibility index (Phi) is 17.3. The Morgan fingerprint density at radius 2 is 0.876 bits per heavy atom. The van der Waals surface area contributed by atoms with E-state index in [4.69, 9.17) is 30.2 Å². The molecule has 3 atom stereocenters. The monoisotopic (exact) mass is 1240 g/mol. The van der Waals surface area contributed by atoms with E-state index in [0.717, 1.165) is 182 Å². The number of thiazole rings is 2. The summed E-state index contributed by atoms with van der Waals surface area (Å²) in [6, 6.07) is 5.85. The van der Waals surface area contributed by atoms with Gasteiger partial charge in [0.2, 0.25) is 17.8 Å². The van der Waals surface area contributed by atoms with Crippen molar-refractivity contribution in [2.24, 2.45) is 38.9 Å². The molecule has 89 heavy (non-hydrogen) atoms. The molecule has 0 aliphatic carbocycles. The Morgan fingerprint density at radius 1 is 0.472 bits per heavy atom. The summed E-state index contributed by atoms with van der Waals surface area (Å²) >= 11 is 3.18. The third kappa shape index (κ3) is 12.9. The summed E-state index contributed by atoms with van der Waals surface area (Å²) < 4.78 is 11.2. The lowest BCUT2D eigenvalue weighted by atomic mass is 9.91. The third-order valence-corrected chi connectivity index (χ3v) is 20.4. The number of fused-ring (bicyclic) bond motifs is 3. The third-order valence-electron chi connectivity index (χ3n) is 18.3. The number of nitrogens with zero attached hydrogens (tertiary/aromatic N) is 21. The van der Waals surface area contributed by atoms with Gasteiger partial charge in [-0.05, 0) is 115 Å². The first-order chi connectivity index (χ1) is 43.2. The van der Waals surface area contributed by atoms with Crippen LogP contribution in [0.3, 0.4) is 0 Å². The summed E-state index contributed by atoms with van der Waals surface area (Å²) in [6.07, 6.45) is 19.3. The van der Waals surface area contributed by atoms with Gasteiger partial charge in [0.25, 0.3) is 0 Å². The molecule has 15 heterocycles. The van der Waals surface area contributed by atoms with Gasteiger partial charge in [-0.1, -0.05) is 6.07 Å². The van der Waals surface area contributed by atoms with Crippen molar-refractivity contribution in [3.8, 4) is 32.4 Å². The van der Waals surface area contributed by atoms with E-state index in [1.165, 1.54) is 43.4 Å². The molecule has 0 N–H and O–H groups in total. The van der Waals surface area contributed by atoms with Crippen LogP contribution in [0.5, 0.6) is 0 Å².